The Labute approximate surface area is 273 Å². The van der Waals surface area contributed by atoms with Crippen LogP contribution in [-0.2, 0) is 0 Å². The van der Waals surface area contributed by atoms with Gasteiger partial charge in [0.15, 0.2) is 17.5 Å². The molecule has 0 spiro atoms. The Morgan fingerprint density at radius 2 is 1.00 bits per heavy atom. The zero-order valence-electron chi connectivity index (χ0n) is 25.4. The zero-order valence-corrected chi connectivity index (χ0v) is 25.4. The van der Waals surface area contributed by atoms with Gasteiger partial charge >= 0.3 is 0 Å². The summed E-state index contributed by atoms with van der Waals surface area (Å²) in [6, 6.07) is 47.9. The van der Waals surface area contributed by atoms with Gasteiger partial charge < -0.3 is 8.83 Å². The Balaban J connectivity index is 1.27. The van der Waals surface area contributed by atoms with Crippen LogP contribution < -0.4 is 0 Å². The molecule has 0 saturated heterocycles. The average molecular weight is 614 g/mol. The third-order valence-corrected chi connectivity index (χ3v) is 9.66. The summed E-state index contributed by atoms with van der Waals surface area (Å²) in [5.74, 6) is 1.81. The van der Waals surface area contributed by atoms with Gasteiger partial charge in [-0.1, -0.05) is 103 Å². The van der Waals surface area contributed by atoms with E-state index in [0.29, 0.717) is 17.5 Å². The third kappa shape index (κ3) is 3.53. The van der Waals surface area contributed by atoms with Crippen molar-refractivity contribution in [2.75, 3.05) is 0 Å². The summed E-state index contributed by atoms with van der Waals surface area (Å²) in [5.41, 5.74) is 10.7. The molecule has 0 atom stereocenters. The van der Waals surface area contributed by atoms with Crippen LogP contribution in [0.4, 0.5) is 0 Å². The van der Waals surface area contributed by atoms with E-state index in [0.717, 1.165) is 71.7 Å². The second-order valence-corrected chi connectivity index (χ2v) is 12.3. The van der Waals surface area contributed by atoms with Crippen LogP contribution >= 0.6 is 0 Å². The maximum absolute atomic E-state index is 6.56. The van der Waals surface area contributed by atoms with Gasteiger partial charge in [-0.3, -0.25) is 0 Å². The largest absolute Gasteiger partial charge is 0.456 e. The minimum Gasteiger partial charge on any atom is -0.456 e. The van der Waals surface area contributed by atoms with Crippen LogP contribution in [-0.4, -0.2) is 15.0 Å². The molecule has 222 valence electrons. The Bertz CT molecular complexity index is 2950. The summed E-state index contributed by atoms with van der Waals surface area (Å²) in [6.45, 7) is 0. The number of para-hydroxylation sites is 2. The van der Waals surface area contributed by atoms with Gasteiger partial charge in [0.25, 0.3) is 0 Å². The van der Waals surface area contributed by atoms with Crippen molar-refractivity contribution in [3.63, 3.8) is 0 Å². The predicted molar refractivity (Wildman–Crippen MR) is 193 cm³/mol. The molecule has 0 bridgehead atoms. The normalized spacial score (nSPS) is 12.2. The summed E-state index contributed by atoms with van der Waals surface area (Å²) >= 11 is 0. The zero-order chi connectivity index (χ0) is 31.3. The van der Waals surface area contributed by atoms with E-state index in [1.165, 1.54) is 21.9 Å². The quantitative estimate of drug-likeness (QED) is 0.198. The van der Waals surface area contributed by atoms with E-state index in [-0.39, 0.29) is 0 Å². The van der Waals surface area contributed by atoms with Crippen molar-refractivity contribution in [1.82, 2.24) is 15.0 Å². The molecule has 5 heteroatoms. The van der Waals surface area contributed by atoms with Crippen molar-refractivity contribution >= 4 is 54.6 Å². The maximum Gasteiger partial charge on any atom is 0.165 e. The Kier molecular flexibility index (Phi) is 5.05. The third-order valence-electron chi connectivity index (χ3n) is 9.66. The van der Waals surface area contributed by atoms with E-state index in [1.54, 1.807) is 0 Å². The lowest BCUT2D eigenvalue weighted by molar-refractivity contribution is 0.668. The summed E-state index contributed by atoms with van der Waals surface area (Å²) in [6.07, 6.45) is 0. The number of furan rings is 2. The molecular weight excluding hydrogens is 590 g/mol. The topological polar surface area (TPSA) is 65.0 Å². The van der Waals surface area contributed by atoms with Crippen molar-refractivity contribution in [1.29, 1.82) is 0 Å². The smallest absolute Gasteiger partial charge is 0.165 e. The van der Waals surface area contributed by atoms with Crippen molar-refractivity contribution < 1.29 is 8.83 Å². The molecule has 7 aromatic carbocycles. The minimum absolute atomic E-state index is 0.596. The SMILES string of the molecule is c1ccc(-c2nc(-c3ccc4oc5ccccc5c4c3)nc(-c3c4c(cc5oc6ccccc6c35)-c3cccc5cccc-4c35)n2)cc1. The first-order chi connectivity index (χ1) is 23.8. The number of aromatic nitrogens is 3. The lowest BCUT2D eigenvalue weighted by Gasteiger charge is -2.14. The van der Waals surface area contributed by atoms with E-state index in [4.69, 9.17) is 23.8 Å². The summed E-state index contributed by atoms with van der Waals surface area (Å²) < 4.78 is 12.7. The van der Waals surface area contributed by atoms with E-state index in [1.807, 2.05) is 72.8 Å². The predicted octanol–water partition coefficient (Wildman–Crippen LogP) is 11.5. The van der Waals surface area contributed by atoms with Gasteiger partial charge in [0.1, 0.15) is 22.3 Å². The van der Waals surface area contributed by atoms with Crippen LogP contribution in [0.5, 0.6) is 0 Å². The van der Waals surface area contributed by atoms with Gasteiger partial charge in [-0.2, -0.15) is 0 Å². The van der Waals surface area contributed by atoms with Crippen LogP contribution in [0, 0.1) is 0 Å². The van der Waals surface area contributed by atoms with Gasteiger partial charge in [0.2, 0.25) is 0 Å². The van der Waals surface area contributed by atoms with Gasteiger partial charge in [-0.15, -0.1) is 0 Å². The van der Waals surface area contributed by atoms with Crippen LogP contribution in [0.3, 0.4) is 0 Å². The van der Waals surface area contributed by atoms with Crippen molar-refractivity contribution in [3.8, 4) is 56.4 Å². The molecule has 0 N–H and O–H groups in total. The maximum atomic E-state index is 6.56. The molecule has 3 heterocycles. The molecule has 0 fully saturated rings. The first-order valence-corrected chi connectivity index (χ1v) is 16.0. The molecule has 5 nitrogen and oxygen atoms in total. The first kappa shape index (κ1) is 25.6. The molecule has 0 unspecified atom stereocenters. The second-order valence-electron chi connectivity index (χ2n) is 12.3. The number of benzene rings is 7. The molecule has 1 aliphatic carbocycles. The highest BCUT2D eigenvalue weighted by Gasteiger charge is 2.30. The lowest BCUT2D eigenvalue weighted by Crippen LogP contribution is -2.01. The molecule has 0 saturated carbocycles. The van der Waals surface area contributed by atoms with Crippen molar-refractivity contribution in [3.05, 3.63) is 140 Å². The molecule has 1 aliphatic rings. The monoisotopic (exact) mass is 613 g/mol. The highest BCUT2D eigenvalue weighted by atomic mass is 16.3. The van der Waals surface area contributed by atoms with Crippen molar-refractivity contribution in [2.24, 2.45) is 0 Å². The Morgan fingerprint density at radius 1 is 0.354 bits per heavy atom. The van der Waals surface area contributed by atoms with Crippen LogP contribution in [0.25, 0.3) is 111 Å². The number of rotatable bonds is 3. The fraction of sp³-hybridized carbons (Fsp3) is 0. The lowest BCUT2D eigenvalue weighted by atomic mass is 9.93. The van der Waals surface area contributed by atoms with Crippen molar-refractivity contribution in [2.45, 2.75) is 0 Å². The van der Waals surface area contributed by atoms with Gasteiger partial charge in [0, 0.05) is 43.8 Å². The highest BCUT2D eigenvalue weighted by molar-refractivity contribution is 6.25. The van der Waals surface area contributed by atoms with E-state index >= 15 is 0 Å². The number of nitrogens with zero attached hydrogens (tertiary/aromatic N) is 3. The fourth-order valence-electron chi connectivity index (χ4n) is 7.57. The van der Waals surface area contributed by atoms with Gasteiger partial charge in [-0.25, -0.2) is 15.0 Å². The van der Waals surface area contributed by atoms with E-state index in [9.17, 15) is 0 Å². The highest BCUT2D eigenvalue weighted by Crippen LogP contribution is 2.54. The number of fused-ring (bicyclic) bond motifs is 9. The van der Waals surface area contributed by atoms with Crippen LogP contribution in [0.2, 0.25) is 0 Å². The average Bonchev–Trinajstić information content (AvgIpc) is 3.81. The molecular formula is C43H23N3O2. The van der Waals surface area contributed by atoms with Crippen LogP contribution in [0.15, 0.2) is 148 Å². The van der Waals surface area contributed by atoms with Crippen LogP contribution in [0.1, 0.15) is 0 Å². The number of hydrogen-bond donors (Lipinski definition) is 0. The Hall–Kier alpha value is -6.59. The molecule has 0 aliphatic heterocycles. The van der Waals surface area contributed by atoms with Gasteiger partial charge in [-0.05, 0) is 63.9 Å². The summed E-state index contributed by atoms with van der Waals surface area (Å²) in [4.78, 5) is 15.7. The first-order valence-electron chi connectivity index (χ1n) is 16.0. The molecule has 0 radical (unpaired) electrons. The summed E-state index contributed by atoms with van der Waals surface area (Å²) in [5, 5.41) is 6.56. The molecule has 11 rings (SSSR count). The molecule has 0 amide bonds. The minimum atomic E-state index is 0.596. The fourth-order valence-corrected chi connectivity index (χ4v) is 7.57. The summed E-state index contributed by atoms with van der Waals surface area (Å²) in [7, 11) is 0. The van der Waals surface area contributed by atoms with E-state index in [2.05, 4.69) is 66.7 Å². The standard InChI is InChI=1S/C43H23N3O2/c1-2-10-25(11-3-1)41-44-42(26-20-21-35-31(22-26)27-14-4-6-18-33(27)47-35)46-43(45-41)40-38-30-17-9-13-24-12-8-16-28(37(24)30)32(38)23-36-39(40)29-15-5-7-19-34(29)48-36/h1-23H. The molecule has 3 aromatic heterocycles. The molecule has 48 heavy (non-hydrogen) atoms. The number of hydrogen-bond acceptors (Lipinski definition) is 5. The van der Waals surface area contributed by atoms with E-state index < -0.39 is 0 Å². The Morgan fingerprint density at radius 3 is 1.83 bits per heavy atom. The second kappa shape index (κ2) is 9.47. The van der Waals surface area contributed by atoms with Gasteiger partial charge in [0.05, 0.1) is 0 Å². The molecule has 10 aromatic rings.